The second kappa shape index (κ2) is 5.77. The van der Waals surface area contributed by atoms with E-state index >= 15 is 0 Å². The second-order valence-corrected chi connectivity index (χ2v) is 5.16. The molecule has 7 heteroatoms. The fourth-order valence-electron chi connectivity index (χ4n) is 2.42. The summed E-state index contributed by atoms with van der Waals surface area (Å²) in [7, 11) is 0. The smallest absolute Gasteiger partial charge is 0.221 e. The van der Waals surface area contributed by atoms with E-state index in [9.17, 15) is 18.4 Å². The van der Waals surface area contributed by atoms with E-state index in [4.69, 9.17) is 10.2 Å². The highest BCUT2D eigenvalue weighted by molar-refractivity contribution is 5.95. The third kappa shape index (κ3) is 2.60. The lowest BCUT2D eigenvalue weighted by molar-refractivity contribution is -0.114. The maximum absolute atomic E-state index is 14.0. The van der Waals surface area contributed by atoms with E-state index < -0.39 is 28.3 Å². The Morgan fingerprint density at radius 1 is 1.17 bits per heavy atom. The maximum Gasteiger partial charge on any atom is 0.221 e. The van der Waals surface area contributed by atoms with E-state index in [2.05, 4.69) is 5.32 Å². The molecule has 1 heterocycles. The molecular formula is C17H12F2N2O3. The molecule has 1 amide bonds. The molecule has 2 aromatic carbocycles. The molecule has 0 spiro atoms. The summed E-state index contributed by atoms with van der Waals surface area (Å²) in [6, 6.07) is 8.20. The Morgan fingerprint density at radius 3 is 2.58 bits per heavy atom. The first-order valence-electron chi connectivity index (χ1n) is 6.97. The standard InChI is InChI=1S/C17H12F2N2O3/c1-8(22)21-12-5-3-2-4-9(12)14-7-13(23)15-16(20)10(18)6-11(19)17(15)24-14/h2-7H,20H2,1H3,(H,21,22). The SMILES string of the molecule is CC(=O)Nc1ccccc1-c1cc(=O)c2c(N)c(F)cc(F)c2o1. The molecule has 0 saturated heterocycles. The number of halogens is 2. The van der Waals surface area contributed by atoms with Gasteiger partial charge < -0.3 is 15.5 Å². The van der Waals surface area contributed by atoms with E-state index in [0.29, 0.717) is 17.3 Å². The van der Waals surface area contributed by atoms with Crippen LogP contribution in [0.2, 0.25) is 0 Å². The van der Waals surface area contributed by atoms with Crippen LogP contribution in [-0.4, -0.2) is 5.91 Å². The van der Waals surface area contributed by atoms with Gasteiger partial charge in [0.05, 0.1) is 16.8 Å². The Bertz CT molecular complexity index is 1030. The van der Waals surface area contributed by atoms with Crippen molar-refractivity contribution < 1.29 is 18.0 Å². The summed E-state index contributed by atoms with van der Waals surface area (Å²) in [5, 5.41) is 2.24. The number of nitrogens with one attached hydrogen (secondary N) is 1. The number of benzene rings is 2. The lowest BCUT2D eigenvalue weighted by Crippen LogP contribution is -2.09. The van der Waals surface area contributed by atoms with Crippen molar-refractivity contribution in [3.8, 4) is 11.3 Å². The third-order valence-electron chi connectivity index (χ3n) is 3.45. The van der Waals surface area contributed by atoms with Gasteiger partial charge in [-0.3, -0.25) is 9.59 Å². The molecule has 0 bridgehead atoms. The largest absolute Gasteiger partial charge is 0.453 e. The van der Waals surface area contributed by atoms with Crippen LogP contribution in [0.25, 0.3) is 22.3 Å². The molecule has 24 heavy (non-hydrogen) atoms. The summed E-state index contributed by atoms with van der Waals surface area (Å²) in [5.74, 6) is -2.35. The van der Waals surface area contributed by atoms with Crippen molar-refractivity contribution in [2.45, 2.75) is 6.92 Å². The van der Waals surface area contributed by atoms with Crippen LogP contribution in [0.15, 0.2) is 45.6 Å². The highest BCUT2D eigenvalue weighted by Gasteiger charge is 2.18. The minimum absolute atomic E-state index is 0.0294. The van der Waals surface area contributed by atoms with Crippen LogP contribution in [0.5, 0.6) is 0 Å². The molecule has 0 radical (unpaired) electrons. The van der Waals surface area contributed by atoms with E-state index in [1.807, 2.05) is 0 Å². The number of amides is 1. The van der Waals surface area contributed by atoms with Crippen molar-refractivity contribution in [2.24, 2.45) is 0 Å². The number of carbonyl (C=O) groups excluding carboxylic acids is 1. The molecule has 5 nitrogen and oxygen atoms in total. The Kier molecular flexibility index (Phi) is 3.76. The minimum Gasteiger partial charge on any atom is -0.453 e. The van der Waals surface area contributed by atoms with Gasteiger partial charge in [0.25, 0.3) is 0 Å². The summed E-state index contributed by atoms with van der Waals surface area (Å²) in [5.41, 5.74) is 4.70. The normalized spacial score (nSPS) is 10.8. The number of hydrogen-bond acceptors (Lipinski definition) is 4. The summed E-state index contributed by atoms with van der Waals surface area (Å²) in [4.78, 5) is 23.6. The highest BCUT2D eigenvalue weighted by atomic mass is 19.1. The van der Waals surface area contributed by atoms with Crippen LogP contribution in [0, 0.1) is 11.6 Å². The molecule has 3 aromatic rings. The number of para-hydroxylation sites is 1. The number of anilines is 2. The number of fused-ring (bicyclic) bond motifs is 1. The first-order chi connectivity index (χ1) is 11.4. The molecule has 0 aliphatic heterocycles. The van der Waals surface area contributed by atoms with Crippen molar-refractivity contribution in [3.63, 3.8) is 0 Å². The Hall–Kier alpha value is -3.22. The fourth-order valence-corrected chi connectivity index (χ4v) is 2.42. The number of hydrogen-bond donors (Lipinski definition) is 2. The van der Waals surface area contributed by atoms with Gasteiger partial charge in [0.2, 0.25) is 5.91 Å². The molecule has 122 valence electrons. The van der Waals surface area contributed by atoms with Gasteiger partial charge >= 0.3 is 0 Å². The molecule has 0 aliphatic carbocycles. The van der Waals surface area contributed by atoms with Crippen LogP contribution in [0.4, 0.5) is 20.2 Å². The first-order valence-corrected chi connectivity index (χ1v) is 6.97. The fraction of sp³-hybridized carbons (Fsp3) is 0.0588. The molecule has 0 fully saturated rings. The average Bonchev–Trinajstić information content (AvgIpc) is 2.52. The third-order valence-corrected chi connectivity index (χ3v) is 3.45. The Labute approximate surface area is 134 Å². The van der Waals surface area contributed by atoms with E-state index in [1.165, 1.54) is 6.92 Å². The van der Waals surface area contributed by atoms with Gasteiger partial charge in [-0.25, -0.2) is 8.78 Å². The molecule has 1 aromatic heterocycles. The Morgan fingerprint density at radius 2 is 1.88 bits per heavy atom. The topological polar surface area (TPSA) is 85.3 Å². The van der Waals surface area contributed by atoms with Gasteiger partial charge in [0.15, 0.2) is 16.8 Å². The van der Waals surface area contributed by atoms with Crippen LogP contribution < -0.4 is 16.5 Å². The van der Waals surface area contributed by atoms with Crippen molar-refractivity contribution >= 4 is 28.3 Å². The number of rotatable bonds is 2. The zero-order chi connectivity index (χ0) is 17.4. The monoisotopic (exact) mass is 330 g/mol. The molecule has 0 unspecified atom stereocenters. The van der Waals surface area contributed by atoms with E-state index in [1.54, 1.807) is 24.3 Å². The molecule has 3 N–H and O–H groups in total. The maximum atomic E-state index is 14.0. The van der Waals surface area contributed by atoms with Crippen molar-refractivity contribution in [1.29, 1.82) is 0 Å². The summed E-state index contributed by atoms with van der Waals surface area (Å²) in [6.07, 6.45) is 0. The van der Waals surface area contributed by atoms with E-state index in [-0.39, 0.29) is 17.1 Å². The average molecular weight is 330 g/mol. The van der Waals surface area contributed by atoms with Gasteiger partial charge in [-0.05, 0) is 12.1 Å². The molecular weight excluding hydrogens is 318 g/mol. The summed E-state index contributed by atoms with van der Waals surface area (Å²) in [6.45, 7) is 1.33. The van der Waals surface area contributed by atoms with Gasteiger partial charge in [0.1, 0.15) is 11.6 Å². The van der Waals surface area contributed by atoms with Crippen molar-refractivity contribution in [1.82, 2.24) is 0 Å². The number of nitrogen functional groups attached to an aromatic ring is 1. The van der Waals surface area contributed by atoms with Crippen LogP contribution in [0.3, 0.4) is 0 Å². The zero-order valence-electron chi connectivity index (χ0n) is 12.5. The quantitative estimate of drug-likeness (QED) is 0.706. The van der Waals surface area contributed by atoms with Gasteiger partial charge in [-0.1, -0.05) is 12.1 Å². The Balaban J connectivity index is 2.31. The summed E-state index contributed by atoms with van der Waals surface area (Å²) < 4.78 is 33.0. The van der Waals surface area contributed by atoms with Gasteiger partial charge in [-0.15, -0.1) is 0 Å². The molecule has 3 rings (SSSR count). The van der Waals surface area contributed by atoms with E-state index in [0.717, 1.165) is 6.07 Å². The van der Waals surface area contributed by atoms with Crippen molar-refractivity contribution in [3.05, 3.63) is 58.3 Å². The molecule has 0 atom stereocenters. The predicted octanol–water partition coefficient (Wildman–Crippen LogP) is 3.28. The van der Waals surface area contributed by atoms with Gasteiger partial charge in [-0.2, -0.15) is 0 Å². The predicted molar refractivity (Wildman–Crippen MR) is 86.6 cm³/mol. The highest BCUT2D eigenvalue weighted by Crippen LogP contribution is 2.31. The second-order valence-electron chi connectivity index (χ2n) is 5.16. The first kappa shape index (κ1) is 15.7. The number of carbonyl (C=O) groups is 1. The minimum atomic E-state index is -1.03. The number of nitrogens with two attached hydrogens (primary N) is 1. The molecule has 0 aliphatic rings. The summed E-state index contributed by atoms with van der Waals surface area (Å²) >= 11 is 0. The van der Waals surface area contributed by atoms with Crippen LogP contribution in [-0.2, 0) is 4.79 Å². The van der Waals surface area contributed by atoms with Crippen molar-refractivity contribution in [2.75, 3.05) is 11.1 Å². The lowest BCUT2D eigenvalue weighted by Gasteiger charge is -2.10. The molecule has 0 saturated carbocycles. The van der Waals surface area contributed by atoms with Crippen LogP contribution in [0.1, 0.15) is 6.92 Å². The van der Waals surface area contributed by atoms with Crippen LogP contribution >= 0.6 is 0 Å². The zero-order valence-corrected chi connectivity index (χ0v) is 12.5. The lowest BCUT2D eigenvalue weighted by atomic mass is 10.1. The van der Waals surface area contributed by atoms with Gasteiger partial charge in [0, 0.05) is 24.6 Å².